The van der Waals surface area contributed by atoms with Gasteiger partial charge in [0.25, 0.3) is 0 Å². The summed E-state index contributed by atoms with van der Waals surface area (Å²) >= 11 is 7.78. The monoisotopic (exact) mass is 275 g/mol. The van der Waals surface area contributed by atoms with Crippen molar-refractivity contribution in [3.63, 3.8) is 0 Å². The van der Waals surface area contributed by atoms with Crippen LogP contribution in [0.15, 0.2) is 23.1 Å². The minimum absolute atomic E-state index is 0.650. The van der Waals surface area contributed by atoms with Gasteiger partial charge in [-0.05, 0) is 24.6 Å². The zero-order valence-electron chi connectivity index (χ0n) is 9.95. The maximum absolute atomic E-state index is 6.06. The minimum Gasteiger partial charge on any atom is -0.399 e. The van der Waals surface area contributed by atoms with Gasteiger partial charge in [-0.2, -0.15) is 0 Å². The highest BCUT2D eigenvalue weighted by atomic mass is 35.5. The van der Waals surface area contributed by atoms with Gasteiger partial charge in [0.2, 0.25) is 0 Å². The van der Waals surface area contributed by atoms with Crippen molar-refractivity contribution in [3.05, 3.63) is 23.2 Å². The van der Waals surface area contributed by atoms with Crippen molar-refractivity contribution in [2.24, 2.45) is 0 Å². The van der Waals surface area contributed by atoms with Crippen LogP contribution >= 0.6 is 23.4 Å². The van der Waals surface area contributed by atoms with Gasteiger partial charge in [0, 0.05) is 30.1 Å². The summed E-state index contributed by atoms with van der Waals surface area (Å²) in [6, 6.07) is 5.59. The predicted octanol–water partition coefficient (Wildman–Crippen LogP) is 3.07. The third-order valence-corrected chi connectivity index (χ3v) is 3.66. The molecule has 0 amide bonds. The van der Waals surface area contributed by atoms with Crippen molar-refractivity contribution in [1.82, 2.24) is 0 Å². The Morgan fingerprint density at radius 3 is 2.82 bits per heavy atom. The Labute approximate surface area is 112 Å². The van der Waals surface area contributed by atoms with E-state index in [1.54, 1.807) is 24.9 Å². The van der Waals surface area contributed by atoms with Gasteiger partial charge in [-0.25, -0.2) is 0 Å². The molecule has 5 heteroatoms. The lowest BCUT2D eigenvalue weighted by Gasteiger charge is -2.05. The van der Waals surface area contributed by atoms with E-state index in [-0.39, 0.29) is 0 Å². The van der Waals surface area contributed by atoms with Crippen LogP contribution in [0.3, 0.4) is 0 Å². The fraction of sp³-hybridized carbons (Fsp3) is 0.500. The molecule has 1 aromatic rings. The molecule has 0 atom stereocenters. The van der Waals surface area contributed by atoms with Crippen molar-refractivity contribution in [3.8, 4) is 0 Å². The highest BCUT2D eigenvalue weighted by molar-refractivity contribution is 7.99. The molecule has 2 N–H and O–H groups in total. The Bertz CT molecular complexity index is 336. The summed E-state index contributed by atoms with van der Waals surface area (Å²) in [5, 5.41) is 0.718. The van der Waals surface area contributed by atoms with Gasteiger partial charge in [0.1, 0.15) is 0 Å². The fourth-order valence-corrected chi connectivity index (χ4v) is 2.42. The van der Waals surface area contributed by atoms with E-state index in [1.165, 1.54) is 0 Å². The van der Waals surface area contributed by atoms with Crippen molar-refractivity contribution >= 4 is 29.1 Å². The standard InChI is InChI=1S/C12H18ClNO2S/c1-15-6-7-16-5-2-8-17-12-4-3-10(14)9-11(12)13/h3-4,9H,2,5-8,14H2,1H3. The van der Waals surface area contributed by atoms with Crippen molar-refractivity contribution in [1.29, 1.82) is 0 Å². The number of anilines is 1. The number of halogens is 1. The Balaban J connectivity index is 2.14. The molecule has 0 heterocycles. The third-order valence-electron chi connectivity index (χ3n) is 2.08. The summed E-state index contributed by atoms with van der Waals surface area (Å²) < 4.78 is 10.3. The molecule has 96 valence electrons. The number of hydrogen-bond acceptors (Lipinski definition) is 4. The van der Waals surface area contributed by atoms with Crippen molar-refractivity contribution in [2.75, 3.05) is 38.4 Å². The fourth-order valence-electron chi connectivity index (χ4n) is 1.22. The maximum atomic E-state index is 6.06. The van der Waals surface area contributed by atoms with E-state index in [0.29, 0.717) is 18.9 Å². The molecule has 0 aliphatic heterocycles. The Morgan fingerprint density at radius 2 is 2.12 bits per heavy atom. The summed E-state index contributed by atoms with van der Waals surface area (Å²) in [5.41, 5.74) is 6.32. The number of nitrogen functional groups attached to an aromatic ring is 1. The SMILES string of the molecule is COCCOCCCSc1ccc(N)cc1Cl. The lowest BCUT2D eigenvalue weighted by Crippen LogP contribution is -2.03. The van der Waals surface area contributed by atoms with Crippen LogP contribution in [0.1, 0.15) is 6.42 Å². The molecule has 0 aliphatic carbocycles. The van der Waals surface area contributed by atoms with Crippen LogP contribution < -0.4 is 5.73 Å². The molecule has 0 unspecified atom stereocenters. The number of methoxy groups -OCH3 is 1. The molecule has 17 heavy (non-hydrogen) atoms. The quantitative estimate of drug-likeness (QED) is 0.450. The normalized spacial score (nSPS) is 10.7. The molecule has 0 radical (unpaired) electrons. The molecule has 0 saturated heterocycles. The lowest BCUT2D eigenvalue weighted by atomic mass is 10.3. The van der Waals surface area contributed by atoms with Crippen LogP contribution in [-0.2, 0) is 9.47 Å². The van der Waals surface area contributed by atoms with E-state index < -0.39 is 0 Å². The molecule has 0 bridgehead atoms. The molecule has 0 spiro atoms. The van der Waals surface area contributed by atoms with E-state index in [1.807, 2.05) is 12.1 Å². The van der Waals surface area contributed by atoms with Gasteiger partial charge >= 0.3 is 0 Å². The first-order valence-electron chi connectivity index (χ1n) is 5.48. The van der Waals surface area contributed by atoms with Gasteiger partial charge < -0.3 is 15.2 Å². The average molecular weight is 276 g/mol. The summed E-state index contributed by atoms with van der Waals surface area (Å²) in [5.74, 6) is 0.983. The van der Waals surface area contributed by atoms with E-state index in [9.17, 15) is 0 Å². The first-order chi connectivity index (χ1) is 8.24. The number of ether oxygens (including phenoxy) is 2. The van der Waals surface area contributed by atoms with E-state index in [0.717, 1.165) is 28.7 Å². The second-order valence-electron chi connectivity index (χ2n) is 3.50. The zero-order valence-corrected chi connectivity index (χ0v) is 11.5. The summed E-state index contributed by atoms with van der Waals surface area (Å²) in [6.45, 7) is 2.06. The highest BCUT2D eigenvalue weighted by Crippen LogP contribution is 2.29. The number of thioether (sulfide) groups is 1. The average Bonchev–Trinajstić information content (AvgIpc) is 2.30. The van der Waals surface area contributed by atoms with Crippen LogP contribution in [0.5, 0.6) is 0 Å². The van der Waals surface area contributed by atoms with Gasteiger partial charge in [-0.15, -0.1) is 11.8 Å². The zero-order chi connectivity index (χ0) is 12.5. The number of benzene rings is 1. The molecule has 1 aromatic carbocycles. The van der Waals surface area contributed by atoms with Gasteiger partial charge in [0.05, 0.1) is 18.2 Å². The Hall–Kier alpha value is -0.420. The van der Waals surface area contributed by atoms with Gasteiger partial charge in [-0.3, -0.25) is 0 Å². The van der Waals surface area contributed by atoms with E-state index in [4.69, 9.17) is 26.8 Å². The van der Waals surface area contributed by atoms with Gasteiger partial charge in [-0.1, -0.05) is 11.6 Å². The lowest BCUT2D eigenvalue weighted by molar-refractivity contribution is 0.0713. The second-order valence-corrected chi connectivity index (χ2v) is 5.04. The van der Waals surface area contributed by atoms with E-state index >= 15 is 0 Å². The summed E-state index contributed by atoms with van der Waals surface area (Å²) in [4.78, 5) is 1.07. The Kier molecular flexibility index (Phi) is 7.44. The molecule has 3 nitrogen and oxygen atoms in total. The van der Waals surface area contributed by atoms with Crippen LogP contribution in [0, 0.1) is 0 Å². The Morgan fingerprint density at radius 1 is 1.29 bits per heavy atom. The first-order valence-corrected chi connectivity index (χ1v) is 6.85. The van der Waals surface area contributed by atoms with Crippen LogP contribution in [0.25, 0.3) is 0 Å². The van der Waals surface area contributed by atoms with Crippen molar-refractivity contribution < 1.29 is 9.47 Å². The molecule has 0 fully saturated rings. The van der Waals surface area contributed by atoms with Crippen molar-refractivity contribution in [2.45, 2.75) is 11.3 Å². The minimum atomic E-state index is 0.650. The maximum Gasteiger partial charge on any atom is 0.0700 e. The molecule has 0 saturated carbocycles. The van der Waals surface area contributed by atoms with Crippen LogP contribution in [0.4, 0.5) is 5.69 Å². The van der Waals surface area contributed by atoms with Crippen LogP contribution in [-0.4, -0.2) is 32.7 Å². The largest absolute Gasteiger partial charge is 0.399 e. The smallest absolute Gasteiger partial charge is 0.0700 e. The third kappa shape index (κ3) is 6.17. The van der Waals surface area contributed by atoms with E-state index in [2.05, 4.69) is 0 Å². The highest BCUT2D eigenvalue weighted by Gasteiger charge is 2.01. The van der Waals surface area contributed by atoms with Crippen LogP contribution in [0.2, 0.25) is 5.02 Å². The van der Waals surface area contributed by atoms with Gasteiger partial charge in [0.15, 0.2) is 0 Å². The number of nitrogens with two attached hydrogens (primary N) is 1. The summed E-state index contributed by atoms with van der Waals surface area (Å²) in [7, 11) is 1.67. The predicted molar refractivity (Wildman–Crippen MR) is 73.9 cm³/mol. The number of rotatable bonds is 8. The molecule has 0 aromatic heterocycles. The first kappa shape index (κ1) is 14.6. The molecular formula is C12H18ClNO2S. The molecule has 0 aliphatic rings. The molecule has 1 rings (SSSR count). The topological polar surface area (TPSA) is 44.5 Å². The molecular weight excluding hydrogens is 258 g/mol. The summed E-state index contributed by atoms with van der Waals surface area (Å²) in [6.07, 6.45) is 0.995. The second kappa shape index (κ2) is 8.64. The number of hydrogen-bond donors (Lipinski definition) is 1.